The molecule has 3 unspecified atom stereocenters. The van der Waals surface area contributed by atoms with Gasteiger partial charge in [0.1, 0.15) is 19.3 Å². The summed E-state index contributed by atoms with van der Waals surface area (Å²) < 4.78 is 68.4. The van der Waals surface area contributed by atoms with E-state index in [1.807, 2.05) is 0 Å². The van der Waals surface area contributed by atoms with Crippen LogP contribution in [-0.2, 0) is 65.4 Å². The van der Waals surface area contributed by atoms with Crippen LogP contribution in [0.15, 0.2) is 0 Å². The number of carbonyl (C=O) groups excluding carboxylic acids is 4. The van der Waals surface area contributed by atoms with Gasteiger partial charge in [-0.2, -0.15) is 0 Å². The van der Waals surface area contributed by atoms with Crippen molar-refractivity contribution in [2.45, 2.75) is 388 Å². The fourth-order valence-corrected chi connectivity index (χ4v) is 12.7. The number of unbranched alkanes of at least 4 members (excludes halogenated alkanes) is 36. The molecule has 0 aliphatic carbocycles. The number of ether oxygens (including phenoxy) is 4. The topological polar surface area (TPSA) is 237 Å². The van der Waals surface area contributed by atoms with Crippen LogP contribution < -0.4 is 0 Å². The normalized spacial score (nSPS) is 14.5. The van der Waals surface area contributed by atoms with Crippen LogP contribution in [0.5, 0.6) is 0 Å². The largest absolute Gasteiger partial charge is 0.472 e. The molecule has 19 heteroatoms. The molecular formula is C74H144O17P2. The van der Waals surface area contributed by atoms with E-state index in [0.29, 0.717) is 31.6 Å². The summed E-state index contributed by atoms with van der Waals surface area (Å²) in [6, 6.07) is 0. The lowest BCUT2D eigenvalue weighted by Gasteiger charge is -2.21. The van der Waals surface area contributed by atoms with Gasteiger partial charge >= 0.3 is 39.5 Å². The maximum atomic E-state index is 13.0. The summed E-state index contributed by atoms with van der Waals surface area (Å²) in [5.41, 5.74) is 0. The van der Waals surface area contributed by atoms with Gasteiger partial charge in [-0.15, -0.1) is 0 Å². The molecule has 0 saturated heterocycles. The van der Waals surface area contributed by atoms with Crippen LogP contribution in [0.2, 0.25) is 0 Å². The molecule has 17 nitrogen and oxygen atoms in total. The predicted molar refractivity (Wildman–Crippen MR) is 377 cm³/mol. The zero-order chi connectivity index (χ0) is 68.9. The van der Waals surface area contributed by atoms with Crippen LogP contribution >= 0.6 is 15.6 Å². The Hall–Kier alpha value is -1.94. The smallest absolute Gasteiger partial charge is 0.462 e. The molecule has 0 radical (unpaired) electrons. The van der Waals surface area contributed by atoms with Crippen molar-refractivity contribution in [2.75, 3.05) is 39.6 Å². The number of rotatable bonds is 71. The first-order valence-electron chi connectivity index (χ1n) is 38.2. The molecule has 0 amide bonds. The summed E-state index contributed by atoms with van der Waals surface area (Å²) in [7, 11) is -9.91. The Kier molecular flexibility index (Phi) is 62.2. The lowest BCUT2D eigenvalue weighted by atomic mass is 10.00. The molecule has 0 heterocycles. The molecule has 552 valence electrons. The minimum absolute atomic E-state index is 0.102. The molecule has 0 bridgehead atoms. The number of aliphatic hydroxyl groups excluding tert-OH is 1. The first-order valence-corrected chi connectivity index (χ1v) is 41.2. The van der Waals surface area contributed by atoms with Gasteiger partial charge in [0, 0.05) is 25.7 Å². The monoisotopic (exact) mass is 1370 g/mol. The van der Waals surface area contributed by atoms with Crippen molar-refractivity contribution in [2.24, 2.45) is 23.7 Å². The van der Waals surface area contributed by atoms with E-state index in [1.165, 1.54) is 167 Å². The zero-order valence-electron chi connectivity index (χ0n) is 60.9. The molecule has 0 spiro atoms. The first-order chi connectivity index (χ1) is 44.6. The Labute approximate surface area is 568 Å². The van der Waals surface area contributed by atoms with Crippen molar-refractivity contribution in [1.29, 1.82) is 0 Å². The summed E-state index contributed by atoms with van der Waals surface area (Å²) in [6.45, 7) is 14.1. The van der Waals surface area contributed by atoms with Crippen molar-refractivity contribution in [3.63, 3.8) is 0 Å². The van der Waals surface area contributed by atoms with Crippen molar-refractivity contribution in [1.82, 2.24) is 0 Å². The predicted octanol–water partition coefficient (Wildman–Crippen LogP) is 21.3. The fourth-order valence-electron chi connectivity index (χ4n) is 11.2. The molecule has 0 aromatic heterocycles. The van der Waals surface area contributed by atoms with Gasteiger partial charge in [0.05, 0.1) is 26.4 Å². The van der Waals surface area contributed by atoms with E-state index in [2.05, 4.69) is 55.4 Å². The van der Waals surface area contributed by atoms with E-state index >= 15 is 0 Å². The van der Waals surface area contributed by atoms with E-state index in [9.17, 15) is 43.2 Å². The van der Waals surface area contributed by atoms with Gasteiger partial charge < -0.3 is 33.8 Å². The maximum Gasteiger partial charge on any atom is 0.472 e. The highest BCUT2D eigenvalue weighted by Gasteiger charge is 2.30. The van der Waals surface area contributed by atoms with E-state index in [-0.39, 0.29) is 25.7 Å². The van der Waals surface area contributed by atoms with Gasteiger partial charge in [-0.05, 0) is 49.4 Å². The summed E-state index contributed by atoms with van der Waals surface area (Å²) in [4.78, 5) is 72.6. The van der Waals surface area contributed by atoms with Crippen LogP contribution in [0.1, 0.15) is 370 Å². The van der Waals surface area contributed by atoms with E-state index < -0.39 is 97.5 Å². The molecule has 0 rings (SSSR count). The average molecular weight is 1370 g/mol. The Morgan fingerprint density at radius 2 is 0.516 bits per heavy atom. The second-order valence-electron chi connectivity index (χ2n) is 28.4. The SMILES string of the molecule is CCC(C)CCCCCCCCC(=O)OC[C@H](COP(=O)(O)OC[C@H](O)COP(=O)(O)OC[C@@H](COC(=O)CCCCCCCCCCCCCCCCCC(C)C)OC(=O)CCCCCCCCC(C)C)OC(=O)CCCCCCCCCCCCCCCC(C)C. The van der Waals surface area contributed by atoms with Gasteiger partial charge in [0.15, 0.2) is 12.2 Å². The molecule has 93 heavy (non-hydrogen) atoms. The number of hydrogen-bond donors (Lipinski definition) is 3. The lowest BCUT2D eigenvalue weighted by molar-refractivity contribution is -0.161. The van der Waals surface area contributed by atoms with Crippen molar-refractivity contribution in [3.05, 3.63) is 0 Å². The Morgan fingerprint density at radius 1 is 0.301 bits per heavy atom. The number of carbonyl (C=O) groups is 4. The number of aliphatic hydroxyl groups is 1. The third-order valence-electron chi connectivity index (χ3n) is 17.4. The molecule has 0 aromatic carbocycles. The minimum atomic E-state index is -4.95. The molecule has 0 fully saturated rings. The third-order valence-corrected chi connectivity index (χ3v) is 19.3. The third kappa shape index (κ3) is 67.0. The summed E-state index contributed by atoms with van der Waals surface area (Å²) in [6.07, 6.45) is 47.5. The van der Waals surface area contributed by atoms with Gasteiger partial charge in [-0.1, -0.05) is 319 Å². The van der Waals surface area contributed by atoms with E-state index in [4.69, 9.17) is 37.0 Å². The number of phosphoric acid groups is 2. The van der Waals surface area contributed by atoms with Crippen molar-refractivity contribution in [3.8, 4) is 0 Å². The highest BCUT2D eigenvalue weighted by molar-refractivity contribution is 7.47. The molecule has 0 aliphatic heterocycles. The summed E-state index contributed by atoms with van der Waals surface area (Å²) in [5.74, 6) is 0.864. The molecule has 6 atom stereocenters. The van der Waals surface area contributed by atoms with E-state index in [0.717, 1.165) is 114 Å². The van der Waals surface area contributed by atoms with Gasteiger partial charge in [-0.25, -0.2) is 9.13 Å². The zero-order valence-corrected chi connectivity index (χ0v) is 62.7. The summed E-state index contributed by atoms with van der Waals surface area (Å²) in [5, 5.41) is 10.6. The van der Waals surface area contributed by atoms with Gasteiger partial charge in [-0.3, -0.25) is 37.3 Å². The first kappa shape index (κ1) is 91.1. The van der Waals surface area contributed by atoms with Gasteiger partial charge in [0.25, 0.3) is 0 Å². The molecular weight excluding hydrogens is 1220 g/mol. The van der Waals surface area contributed by atoms with Crippen LogP contribution in [-0.4, -0.2) is 96.7 Å². The lowest BCUT2D eigenvalue weighted by Crippen LogP contribution is -2.30. The minimum Gasteiger partial charge on any atom is -0.462 e. The number of phosphoric ester groups is 2. The Balaban J connectivity index is 5.17. The van der Waals surface area contributed by atoms with E-state index in [1.54, 1.807) is 0 Å². The van der Waals surface area contributed by atoms with Gasteiger partial charge in [0.2, 0.25) is 0 Å². The standard InChI is InChI=1S/C74H144O17P2/c1-9-67(8)53-45-37-31-33-39-47-55-72(77)85-61-69(90-73(78)56-48-40-29-25-21-17-13-15-19-23-27-35-43-51-65(4)5)62-88-92(80,81)86-58-68(75)59-87-93(82,83)89-63-70(91-74(79)57-49-41-32-30-36-44-52-66(6)7)60-84-71(76)54-46-38-28-24-20-16-12-10-11-14-18-22-26-34-42-50-64(2)3/h64-70,75H,9-63H2,1-8H3,(H,80,81)(H,82,83)/t67?,68-,69+,70+/m0/s1. The Morgan fingerprint density at radius 3 is 0.763 bits per heavy atom. The van der Waals surface area contributed by atoms with Crippen LogP contribution in [0.3, 0.4) is 0 Å². The van der Waals surface area contributed by atoms with Crippen molar-refractivity contribution >= 4 is 39.5 Å². The molecule has 3 N–H and O–H groups in total. The average Bonchev–Trinajstić information content (AvgIpc) is 3.08. The fraction of sp³-hybridized carbons (Fsp3) is 0.946. The summed E-state index contributed by atoms with van der Waals surface area (Å²) >= 11 is 0. The number of hydrogen-bond acceptors (Lipinski definition) is 15. The Bertz CT molecular complexity index is 1840. The second kappa shape index (κ2) is 63.5. The highest BCUT2D eigenvalue weighted by atomic mass is 31.2. The second-order valence-corrected chi connectivity index (χ2v) is 31.3. The molecule has 0 saturated carbocycles. The maximum absolute atomic E-state index is 13.0. The number of esters is 4. The van der Waals surface area contributed by atoms with Crippen LogP contribution in [0, 0.1) is 23.7 Å². The quantitative estimate of drug-likeness (QED) is 0.0222. The molecule has 0 aromatic rings. The molecule has 0 aliphatic rings. The van der Waals surface area contributed by atoms with Crippen molar-refractivity contribution < 1.29 is 80.2 Å². The van der Waals surface area contributed by atoms with Crippen LogP contribution in [0.4, 0.5) is 0 Å². The highest BCUT2D eigenvalue weighted by Crippen LogP contribution is 2.45. The van der Waals surface area contributed by atoms with Crippen LogP contribution in [0.25, 0.3) is 0 Å².